The summed E-state index contributed by atoms with van der Waals surface area (Å²) < 4.78 is 48.1. The molecule has 0 N–H and O–H groups in total. The lowest BCUT2D eigenvalue weighted by Crippen LogP contribution is -2.06. The molecule has 0 spiro atoms. The van der Waals surface area contributed by atoms with Crippen LogP contribution in [0, 0.1) is 0 Å². The van der Waals surface area contributed by atoms with Crippen molar-refractivity contribution in [2.24, 2.45) is 0 Å². The highest BCUT2D eigenvalue weighted by molar-refractivity contribution is 7.99. The highest BCUT2D eigenvalue weighted by Crippen LogP contribution is 2.30. The lowest BCUT2D eigenvalue weighted by atomic mass is 10.2. The molecule has 0 aliphatic heterocycles. The maximum Gasteiger partial charge on any atom is 0.416 e. The van der Waals surface area contributed by atoms with Gasteiger partial charge in [-0.05, 0) is 33.6 Å². The summed E-state index contributed by atoms with van der Waals surface area (Å²) in [4.78, 5) is 0.118. The SMILES string of the molecule is C=S(C)(=O)c1cccc(C(F)(F)F)c1. The average molecular weight is 222 g/mol. The molecule has 1 aromatic rings. The third kappa shape index (κ3) is 2.51. The molecule has 1 rings (SSSR count). The maximum absolute atomic E-state index is 12.2. The van der Waals surface area contributed by atoms with Crippen molar-refractivity contribution in [2.75, 3.05) is 6.26 Å². The van der Waals surface area contributed by atoms with E-state index in [1.54, 1.807) is 0 Å². The Bertz CT molecular complexity index is 432. The van der Waals surface area contributed by atoms with Gasteiger partial charge < -0.3 is 0 Å². The smallest absolute Gasteiger partial charge is 0.263 e. The second-order valence-electron chi connectivity index (χ2n) is 3.03. The van der Waals surface area contributed by atoms with Crippen LogP contribution in [-0.4, -0.2) is 16.3 Å². The van der Waals surface area contributed by atoms with Crippen molar-refractivity contribution in [3.05, 3.63) is 29.8 Å². The van der Waals surface area contributed by atoms with Gasteiger partial charge in [-0.2, -0.15) is 13.2 Å². The van der Waals surface area contributed by atoms with E-state index in [1.165, 1.54) is 18.4 Å². The summed E-state index contributed by atoms with van der Waals surface area (Å²) in [7, 11) is -2.59. The molecule has 1 atom stereocenters. The highest BCUT2D eigenvalue weighted by atomic mass is 32.2. The monoisotopic (exact) mass is 222 g/mol. The Morgan fingerprint density at radius 3 is 2.36 bits per heavy atom. The number of rotatable bonds is 1. The van der Waals surface area contributed by atoms with E-state index in [0.29, 0.717) is 0 Å². The topological polar surface area (TPSA) is 17.1 Å². The van der Waals surface area contributed by atoms with E-state index in [9.17, 15) is 17.4 Å². The van der Waals surface area contributed by atoms with Crippen LogP contribution in [0.4, 0.5) is 13.2 Å². The molecule has 14 heavy (non-hydrogen) atoms. The summed E-state index contributed by atoms with van der Waals surface area (Å²) in [6.07, 6.45) is -3.09. The van der Waals surface area contributed by atoms with Gasteiger partial charge in [-0.25, -0.2) is 0 Å². The van der Waals surface area contributed by atoms with Crippen LogP contribution in [0.5, 0.6) is 0 Å². The first-order chi connectivity index (χ1) is 6.21. The van der Waals surface area contributed by atoms with Gasteiger partial charge in [0.15, 0.2) is 0 Å². The normalized spacial score (nSPS) is 16.3. The van der Waals surface area contributed by atoms with Gasteiger partial charge in [-0.3, -0.25) is 4.21 Å². The summed E-state index contributed by atoms with van der Waals surface area (Å²) in [5.41, 5.74) is -0.798. The van der Waals surface area contributed by atoms with Crippen LogP contribution >= 0.6 is 0 Å². The third-order valence-corrected chi connectivity index (χ3v) is 2.91. The van der Waals surface area contributed by atoms with Crippen LogP contribution < -0.4 is 0 Å². The Hall–Kier alpha value is -0.970. The summed E-state index contributed by atoms with van der Waals surface area (Å²) in [6, 6.07) is 4.42. The fourth-order valence-electron chi connectivity index (χ4n) is 0.941. The molecule has 78 valence electrons. The predicted molar refractivity (Wildman–Crippen MR) is 50.9 cm³/mol. The molecule has 0 heterocycles. The molecule has 1 nitrogen and oxygen atoms in total. The van der Waals surface area contributed by atoms with Crippen molar-refractivity contribution >= 4 is 15.4 Å². The second-order valence-corrected chi connectivity index (χ2v) is 5.51. The molecule has 0 bridgehead atoms. The lowest BCUT2D eigenvalue weighted by Gasteiger charge is -2.08. The number of hydrogen-bond donors (Lipinski definition) is 0. The molecule has 0 saturated carbocycles. The Kier molecular flexibility index (Phi) is 2.63. The minimum absolute atomic E-state index is 0.118. The summed E-state index contributed by atoms with van der Waals surface area (Å²) >= 11 is 0. The van der Waals surface area contributed by atoms with Crippen LogP contribution in [0.15, 0.2) is 29.2 Å². The fraction of sp³-hybridized carbons (Fsp3) is 0.222. The van der Waals surface area contributed by atoms with Gasteiger partial charge in [-0.15, -0.1) is 0 Å². The van der Waals surface area contributed by atoms with E-state index in [-0.39, 0.29) is 4.90 Å². The van der Waals surface area contributed by atoms with Gasteiger partial charge >= 0.3 is 6.18 Å². The maximum atomic E-state index is 12.2. The van der Waals surface area contributed by atoms with Crippen molar-refractivity contribution in [3.63, 3.8) is 0 Å². The molecule has 0 aliphatic carbocycles. The Balaban J connectivity index is 3.29. The Labute approximate surface area is 80.6 Å². The van der Waals surface area contributed by atoms with Crippen molar-refractivity contribution in [1.29, 1.82) is 0 Å². The van der Waals surface area contributed by atoms with Crippen LogP contribution in [0.25, 0.3) is 0 Å². The van der Waals surface area contributed by atoms with Crippen molar-refractivity contribution in [1.82, 2.24) is 0 Å². The Morgan fingerprint density at radius 2 is 1.93 bits per heavy atom. The number of alkyl halides is 3. The van der Waals surface area contributed by atoms with Crippen LogP contribution in [0.1, 0.15) is 5.56 Å². The van der Waals surface area contributed by atoms with Gasteiger partial charge in [0.1, 0.15) is 0 Å². The van der Waals surface area contributed by atoms with Gasteiger partial charge in [0.05, 0.1) is 5.56 Å². The number of halogens is 3. The first kappa shape index (κ1) is 11.1. The molecule has 5 heteroatoms. The Morgan fingerprint density at radius 1 is 1.36 bits per heavy atom. The van der Waals surface area contributed by atoms with Crippen LogP contribution in [-0.2, 0) is 15.7 Å². The lowest BCUT2D eigenvalue weighted by molar-refractivity contribution is -0.137. The summed E-state index contributed by atoms with van der Waals surface area (Å²) in [5, 5.41) is 0. The molecule has 0 amide bonds. The van der Waals surface area contributed by atoms with E-state index in [4.69, 9.17) is 0 Å². The molecule has 0 aliphatic rings. The van der Waals surface area contributed by atoms with Crippen molar-refractivity contribution < 1.29 is 17.4 Å². The molecule has 0 aromatic heterocycles. The van der Waals surface area contributed by atoms with E-state index in [1.807, 2.05) is 0 Å². The van der Waals surface area contributed by atoms with Gasteiger partial charge in [-0.1, -0.05) is 6.07 Å². The molecule has 1 unspecified atom stereocenters. The van der Waals surface area contributed by atoms with Crippen LogP contribution in [0.3, 0.4) is 0 Å². The largest absolute Gasteiger partial charge is 0.416 e. The summed E-state index contributed by atoms with van der Waals surface area (Å²) in [5.74, 6) is 3.32. The van der Waals surface area contributed by atoms with E-state index in [0.717, 1.165) is 12.1 Å². The molecular weight excluding hydrogens is 213 g/mol. The highest BCUT2D eigenvalue weighted by Gasteiger charge is 2.30. The second kappa shape index (κ2) is 3.31. The van der Waals surface area contributed by atoms with Gasteiger partial charge in [0.2, 0.25) is 0 Å². The summed E-state index contributed by atoms with van der Waals surface area (Å²) in [6.45, 7) is 0. The van der Waals surface area contributed by atoms with E-state index >= 15 is 0 Å². The van der Waals surface area contributed by atoms with Gasteiger partial charge in [0, 0.05) is 11.2 Å². The van der Waals surface area contributed by atoms with E-state index < -0.39 is 21.3 Å². The quantitative estimate of drug-likeness (QED) is 0.667. The minimum Gasteiger partial charge on any atom is -0.263 e. The van der Waals surface area contributed by atoms with E-state index in [2.05, 4.69) is 5.87 Å². The first-order valence-electron chi connectivity index (χ1n) is 3.71. The first-order valence-corrected chi connectivity index (χ1v) is 5.84. The van der Waals surface area contributed by atoms with Crippen molar-refractivity contribution in [3.8, 4) is 0 Å². The predicted octanol–water partition coefficient (Wildman–Crippen LogP) is 2.41. The molecule has 0 saturated heterocycles. The van der Waals surface area contributed by atoms with Crippen LogP contribution in [0.2, 0.25) is 0 Å². The average Bonchev–Trinajstić information content (AvgIpc) is 2.01. The minimum atomic E-state index is -4.40. The zero-order valence-electron chi connectivity index (χ0n) is 7.47. The standard InChI is InChI=1S/C9H9F3OS/c1-14(2,13)8-5-3-4-7(6-8)9(10,11)12/h3-6H,1H2,2H3. The molecule has 0 fully saturated rings. The molecular formula is C9H9F3OS. The number of hydrogen-bond acceptors (Lipinski definition) is 1. The van der Waals surface area contributed by atoms with Crippen molar-refractivity contribution in [2.45, 2.75) is 11.1 Å². The zero-order chi connectivity index (χ0) is 11.0. The molecule has 1 aromatic carbocycles. The molecule has 0 radical (unpaired) electrons. The zero-order valence-corrected chi connectivity index (χ0v) is 8.28. The number of benzene rings is 1. The fourth-order valence-corrected chi connectivity index (χ4v) is 1.68. The third-order valence-electron chi connectivity index (χ3n) is 1.66. The van der Waals surface area contributed by atoms with Gasteiger partial charge in [0.25, 0.3) is 0 Å².